The molecule has 1 atom stereocenters. The highest BCUT2D eigenvalue weighted by Crippen LogP contribution is 2.12. The molecule has 106 valence electrons. The van der Waals surface area contributed by atoms with Gasteiger partial charge in [-0.05, 0) is 24.0 Å². The lowest BCUT2D eigenvalue weighted by atomic mass is 9.95. The number of aryl methyl sites for hydroxylation is 1. The molecule has 0 aliphatic rings. The second-order valence-corrected chi connectivity index (χ2v) is 4.96. The van der Waals surface area contributed by atoms with E-state index in [1.807, 2.05) is 24.3 Å². The molecule has 0 radical (unpaired) electrons. The van der Waals surface area contributed by atoms with Crippen LogP contribution in [0.2, 0.25) is 0 Å². The maximum absolute atomic E-state index is 12.2. The summed E-state index contributed by atoms with van der Waals surface area (Å²) in [5, 5.41) is 2.96. The average molecular weight is 262 g/mol. The molecule has 0 aliphatic heterocycles. The van der Waals surface area contributed by atoms with E-state index < -0.39 is 0 Å². The monoisotopic (exact) mass is 262 g/mol. The second-order valence-electron chi connectivity index (χ2n) is 4.96. The van der Waals surface area contributed by atoms with Gasteiger partial charge in [0.2, 0.25) is 0 Å². The summed E-state index contributed by atoms with van der Waals surface area (Å²) in [4.78, 5) is 12.2. The molecule has 1 amide bonds. The molecule has 1 aromatic carbocycles. The number of carbonyl (C=O) groups is 1. The number of hydrogen-bond acceptors (Lipinski definition) is 2. The Morgan fingerprint density at radius 1 is 1.21 bits per heavy atom. The molecule has 3 heteroatoms. The minimum absolute atomic E-state index is 0.0149. The summed E-state index contributed by atoms with van der Waals surface area (Å²) in [6, 6.07) is 7.76. The molecule has 1 unspecified atom stereocenters. The Bertz CT molecular complexity index is 399. The van der Waals surface area contributed by atoms with E-state index in [4.69, 9.17) is 5.73 Å². The van der Waals surface area contributed by atoms with E-state index in [1.54, 1.807) is 0 Å². The molecule has 0 bridgehead atoms. The average Bonchev–Trinajstić information content (AvgIpc) is 2.45. The lowest BCUT2D eigenvalue weighted by Gasteiger charge is -2.21. The normalized spacial score (nSPS) is 12.5. The van der Waals surface area contributed by atoms with Crippen molar-refractivity contribution < 1.29 is 4.79 Å². The number of nitrogens with one attached hydrogen (secondary N) is 1. The van der Waals surface area contributed by atoms with Crippen molar-refractivity contribution in [2.75, 3.05) is 6.54 Å². The summed E-state index contributed by atoms with van der Waals surface area (Å²) in [7, 11) is 0. The molecule has 3 nitrogen and oxygen atoms in total. The van der Waals surface area contributed by atoms with Gasteiger partial charge >= 0.3 is 0 Å². The Kier molecular flexibility index (Phi) is 6.57. The van der Waals surface area contributed by atoms with Crippen molar-refractivity contribution in [3.8, 4) is 0 Å². The fourth-order valence-electron chi connectivity index (χ4n) is 2.42. The molecule has 0 heterocycles. The molecule has 1 aromatic rings. The maximum atomic E-state index is 12.2. The molecule has 19 heavy (non-hydrogen) atoms. The van der Waals surface area contributed by atoms with Crippen molar-refractivity contribution in [1.82, 2.24) is 5.32 Å². The van der Waals surface area contributed by atoms with Crippen molar-refractivity contribution in [2.45, 2.75) is 46.1 Å². The minimum Gasteiger partial charge on any atom is -0.350 e. The van der Waals surface area contributed by atoms with Crippen LogP contribution in [-0.2, 0) is 6.42 Å². The van der Waals surface area contributed by atoms with Gasteiger partial charge in [0, 0.05) is 18.2 Å². The van der Waals surface area contributed by atoms with Crippen LogP contribution in [0.25, 0.3) is 0 Å². The topological polar surface area (TPSA) is 55.1 Å². The van der Waals surface area contributed by atoms with Gasteiger partial charge in [-0.25, -0.2) is 0 Å². The predicted octanol–water partition coefficient (Wildman–Crippen LogP) is 2.74. The summed E-state index contributed by atoms with van der Waals surface area (Å²) in [5.74, 6) is 0.459. The first-order valence-electron chi connectivity index (χ1n) is 7.25. The van der Waals surface area contributed by atoms with Crippen LogP contribution in [0.4, 0.5) is 0 Å². The van der Waals surface area contributed by atoms with Crippen LogP contribution in [0.5, 0.6) is 0 Å². The van der Waals surface area contributed by atoms with Crippen LogP contribution in [0, 0.1) is 5.92 Å². The first kappa shape index (κ1) is 15.7. The van der Waals surface area contributed by atoms with E-state index in [1.165, 1.54) is 0 Å². The molecular weight excluding hydrogens is 236 g/mol. The number of benzene rings is 1. The van der Waals surface area contributed by atoms with Gasteiger partial charge in [0.15, 0.2) is 0 Å². The van der Waals surface area contributed by atoms with E-state index in [2.05, 4.69) is 26.1 Å². The van der Waals surface area contributed by atoms with Crippen molar-refractivity contribution in [3.05, 3.63) is 35.4 Å². The van der Waals surface area contributed by atoms with Gasteiger partial charge in [-0.3, -0.25) is 4.79 Å². The summed E-state index contributed by atoms with van der Waals surface area (Å²) >= 11 is 0. The van der Waals surface area contributed by atoms with E-state index in [0.29, 0.717) is 12.5 Å². The van der Waals surface area contributed by atoms with Gasteiger partial charge < -0.3 is 11.1 Å². The second kappa shape index (κ2) is 7.95. The molecule has 0 aromatic heterocycles. The number of hydrogen-bond donors (Lipinski definition) is 2. The number of rotatable bonds is 7. The summed E-state index contributed by atoms with van der Waals surface area (Å²) in [6.45, 7) is 6.88. The summed E-state index contributed by atoms with van der Waals surface area (Å²) in [6.07, 6.45) is 2.97. The van der Waals surface area contributed by atoms with Crippen LogP contribution in [0.1, 0.15) is 49.5 Å². The van der Waals surface area contributed by atoms with Crippen LogP contribution >= 0.6 is 0 Å². The maximum Gasteiger partial charge on any atom is 0.251 e. The summed E-state index contributed by atoms with van der Waals surface area (Å²) in [5.41, 5.74) is 7.97. The molecule has 0 fully saturated rings. The molecule has 0 saturated carbocycles. The Labute approximate surface area is 116 Å². The third-order valence-corrected chi connectivity index (χ3v) is 3.80. The lowest BCUT2D eigenvalue weighted by molar-refractivity contribution is 0.0947. The van der Waals surface area contributed by atoms with Crippen molar-refractivity contribution in [1.29, 1.82) is 0 Å². The fourth-order valence-corrected chi connectivity index (χ4v) is 2.42. The molecule has 1 rings (SSSR count). The zero-order valence-electron chi connectivity index (χ0n) is 12.3. The third kappa shape index (κ3) is 4.35. The summed E-state index contributed by atoms with van der Waals surface area (Å²) < 4.78 is 0. The van der Waals surface area contributed by atoms with E-state index in [0.717, 1.165) is 30.4 Å². The van der Waals surface area contributed by atoms with Gasteiger partial charge in [-0.2, -0.15) is 0 Å². The highest BCUT2D eigenvalue weighted by molar-refractivity contribution is 5.95. The van der Waals surface area contributed by atoms with Crippen LogP contribution in [0.3, 0.4) is 0 Å². The minimum atomic E-state index is -0.0149. The Hall–Kier alpha value is -1.35. The first-order chi connectivity index (χ1) is 9.13. The molecular formula is C16H26N2O. The Balaban J connectivity index is 2.60. The SMILES string of the molecule is CCc1ccccc1C(=O)NCC(N)C(CC)CC. The van der Waals surface area contributed by atoms with Gasteiger partial charge in [-0.15, -0.1) is 0 Å². The zero-order chi connectivity index (χ0) is 14.3. The Morgan fingerprint density at radius 2 is 1.84 bits per heavy atom. The van der Waals surface area contributed by atoms with Crippen molar-refractivity contribution in [2.24, 2.45) is 11.7 Å². The number of amides is 1. The predicted molar refractivity (Wildman–Crippen MR) is 80.2 cm³/mol. The zero-order valence-corrected chi connectivity index (χ0v) is 12.3. The Morgan fingerprint density at radius 3 is 2.42 bits per heavy atom. The van der Waals surface area contributed by atoms with Crippen molar-refractivity contribution >= 4 is 5.91 Å². The van der Waals surface area contributed by atoms with E-state index in [9.17, 15) is 4.79 Å². The van der Waals surface area contributed by atoms with Gasteiger partial charge in [0.1, 0.15) is 0 Å². The molecule has 0 spiro atoms. The van der Waals surface area contributed by atoms with Crippen LogP contribution in [-0.4, -0.2) is 18.5 Å². The van der Waals surface area contributed by atoms with Gasteiger partial charge in [0.05, 0.1) is 0 Å². The smallest absolute Gasteiger partial charge is 0.251 e. The molecule has 3 N–H and O–H groups in total. The van der Waals surface area contributed by atoms with Crippen LogP contribution in [0.15, 0.2) is 24.3 Å². The number of nitrogens with two attached hydrogens (primary N) is 1. The lowest BCUT2D eigenvalue weighted by Crippen LogP contribution is -2.42. The highest BCUT2D eigenvalue weighted by atomic mass is 16.1. The van der Waals surface area contributed by atoms with Crippen molar-refractivity contribution in [3.63, 3.8) is 0 Å². The number of carbonyl (C=O) groups excluding carboxylic acids is 1. The van der Waals surface area contributed by atoms with Gasteiger partial charge in [-0.1, -0.05) is 51.8 Å². The van der Waals surface area contributed by atoms with Crippen LogP contribution < -0.4 is 11.1 Å². The molecule has 0 aliphatic carbocycles. The third-order valence-electron chi connectivity index (χ3n) is 3.80. The largest absolute Gasteiger partial charge is 0.350 e. The van der Waals surface area contributed by atoms with E-state index >= 15 is 0 Å². The van der Waals surface area contributed by atoms with E-state index in [-0.39, 0.29) is 11.9 Å². The molecule has 0 saturated heterocycles. The fraction of sp³-hybridized carbons (Fsp3) is 0.562. The first-order valence-corrected chi connectivity index (χ1v) is 7.25. The quantitative estimate of drug-likeness (QED) is 0.794. The highest BCUT2D eigenvalue weighted by Gasteiger charge is 2.16. The standard InChI is InChI=1S/C16H26N2O/c1-4-12(5-2)15(17)11-18-16(19)14-10-8-7-9-13(14)6-3/h7-10,12,15H,4-6,11,17H2,1-3H3,(H,18,19). The van der Waals surface area contributed by atoms with Gasteiger partial charge in [0.25, 0.3) is 5.91 Å².